The Morgan fingerprint density at radius 3 is 2.11 bits per heavy atom. The van der Waals surface area contributed by atoms with Gasteiger partial charge in [-0.3, -0.25) is 0 Å². The van der Waals surface area contributed by atoms with Gasteiger partial charge in [-0.1, -0.05) is 29.8 Å². The lowest BCUT2D eigenvalue weighted by Gasteiger charge is -2.26. The minimum absolute atomic E-state index is 0.230. The summed E-state index contributed by atoms with van der Waals surface area (Å²) in [6, 6.07) is 8.00. The van der Waals surface area contributed by atoms with E-state index in [2.05, 4.69) is 0 Å². The van der Waals surface area contributed by atoms with E-state index in [1.807, 2.05) is 52.0 Å². The van der Waals surface area contributed by atoms with Gasteiger partial charge < -0.3 is 14.6 Å². The van der Waals surface area contributed by atoms with E-state index >= 15 is 0 Å². The predicted molar refractivity (Wildman–Crippen MR) is 77.0 cm³/mol. The fourth-order valence-corrected chi connectivity index (χ4v) is 2.04. The van der Waals surface area contributed by atoms with Crippen LogP contribution in [-0.4, -0.2) is 24.6 Å². The fraction of sp³-hybridized carbons (Fsp3) is 0.625. The summed E-state index contributed by atoms with van der Waals surface area (Å²) in [7, 11) is 0. The van der Waals surface area contributed by atoms with E-state index < -0.39 is 5.60 Å². The van der Waals surface area contributed by atoms with Crippen LogP contribution in [0.1, 0.15) is 44.7 Å². The number of aliphatic hydroxyl groups is 1. The summed E-state index contributed by atoms with van der Waals surface area (Å²) >= 11 is 0. The van der Waals surface area contributed by atoms with Gasteiger partial charge in [0, 0.05) is 19.6 Å². The van der Waals surface area contributed by atoms with Crippen molar-refractivity contribution < 1.29 is 14.6 Å². The molecule has 0 unspecified atom stereocenters. The molecule has 0 fully saturated rings. The molecule has 1 atom stereocenters. The van der Waals surface area contributed by atoms with Crippen molar-refractivity contribution in [2.45, 2.75) is 52.4 Å². The lowest BCUT2D eigenvalue weighted by molar-refractivity contribution is -0.147. The first-order chi connectivity index (χ1) is 8.99. The van der Waals surface area contributed by atoms with E-state index in [0.717, 1.165) is 5.56 Å². The molecule has 1 aromatic carbocycles. The molecule has 0 bridgehead atoms. The van der Waals surface area contributed by atoms with Crippen molar-refractivity contribution >= 4 is 0 Å². The van der Waals surface area contributed by atoms with Gasteiger partial charge in [-0.2, -0.15) is 0 Å². The lowest BCUT2D eigenvalue weighted by Crippen LogP contribution is -2.26. The van der Waals surface area contributed by atoms with E-state index in [1.165, 1.54) is 5.56 Å². The SMILES string of the molecule is CCOC(CC[C@](C)(O)c1ccc(C)cc1)OCC. The van der Waals surface area contributed by atoms with Crippen molar-refractivity contribution in [1.82, 2.24) is 0 Å². The maximum Gasteiger partial charge on any atom is 0.157 e. The number of rotatable bonds is 8. The van der Waals surface area contributed by atoms with Crippen LogP contribution in [0.15, 0.2) is 24.3 Å². The molecular weight excluding hydrogens is 240 g/mol. The summed E-state index contributed by atoms with van der Waals surface area (Å²) in [6.07, 6.45) is 1.07. The van der Waals surface area contributed by atoms with Crippen molar-refractivity contribution in [2.75, 3.05) is 13.2 Å². The summed E-state index contributed by atoms with van der Waals surface area (Å²) in [5.41, 5.74) is 1.28. The molecule has 1 N–H and O–H groups in total. The summed E-state index contributed by atoms with van der Waals surface area (Å²) in [4.78, 5) is 0. The number of ether oxygens (including phenoxy) is 2. The summed E-state index contributed by atoms with van der Waals surface area (Å²) in [5, 5.41) is 10.6. The van der Waals surface area contributed by atoms with Crippen LogP contribution >= 0.6 is 0 Å². The Hall–Kier alpha value is -0.900. The second-order valence-corrected chi connectivity index (χ2v) is 5.02. The molecule has 1 rings (SSSR count). The van der Waals surface area contributed by atoms with Crippen LogP contribution in [0.4, 0.5) is 0 Å². The van der Waals surface area contributed by atoms with Gasteiger partial charge in [0.15, 0.2) is 6.29 Å². The Kier molecular flexibility index (Phi) is 6.49. The highest BCUT2D eigenvalue weighted by atomic mass is 16.7. The van der Waals surface area contributed by atoms with Gasteiger partial charge >= 0.3 is 0 Å². The molecule has 0 aliphatic carbocycles. The minimum atomic E-state index is -0.847. The van der Waals surface area contributed by atoms with Crippen molar-refractivity contribution in [3.63, 3.8) is 0 Å². The molecule has 0 heterocycles. The minimum Gasteiger partial charge on any atom is -0.385 e. The third-order valence-corrected chi connectivity index (χ3v) is 3.25. The normalized spacial score (nSPS) is 14.6. The number of hydrogen-bond acceptors (Lipinski definition) is 3. The van der Waals surface area contributed by atoms with Crippen LogP contribution in [0.5, 0.6) is 0 Å². The van der Waals surface area contributed by atoms with Crippen LogP contribution in [0, 0.1) is 6.92 Å². The van der Waals surface area contributed by atoms with Gasteiger partial charge in [0.25, 0.3) is 0 Å². The Morgan fingerprint density at radius 1 is 1.11 bits per heavy atom. The third-order valence-electron chi connectivity index (χ3n) is 3.25. The zero-order chi connectivity index (χ0) is 14.3. The predicted octanol–water partition coefficient (Wildman–Crippen LogP) is 3.38. The molecule has 0 aliphatic rings. The molecule has 0 saturated carbocycles. The van der Waals surface area contributed by atoms with Crippen LogP contribution in [0.2, 0.25) is 0 Å². The molecule has 3 nitrogen and oxygen atoms in total. The molecule has 19 heavy (non-hydrogen) atoms. The van der Waals surface area contributed by atoms with E-state index in [0.29, 0.717) is 26.1 Å². The number of aryl methyl sites for hydroxylation is 1. The van der Waals surface area contributed by atoms with Crippen LogP contribution < -0.4 is 0 Å². The molecular formula is C16H26O3. The Morgan fingerprint density at radius 2 is 1.63 bits per heavy atom. The van der Waals surface area contributed by atoms with Gasteiger partial charge in [-0.05, 0) is 39.7 Å². The van der Waals surface area contributed by atoms with E-state index in [-0.39, 0.29) is 6.29 Å². The molecule has 0 aromatic heterocycles. The van der Waals surface area contributed by atoms with E-state index in [4.69, 9.17) is 9.47 Å². The van der Waals surface area contributed by atoms with Crippen LogP contribution in [0.3, 0.4) is 0 Å². The first-order valence-corrected chi connectivity index (χ1v) is 7.02. The summed E-state index contributed by atoms with van der Waals surface area (Å²) in [5.74, 6) is 0. The van der Waals surface area contributed by atoms with Gasteiger partial charge in [0.1, 0.15) is 0 Å². The molecule has 0 aliphatic heterocycles. The molecule has 0 radical (unpaired) electrons. The topological polar surface area (TPSA) is 38.7 Å². The molecule has 0 spiro atoms. The van der Waals surface area contributed by atoms with Crippen molar-refractivity contribution in [1.29, 1.82) is 0 Å². The van der Waals surface area contributed by atoms with Gasteiger partial charge in [0.2, 0.25) is 0 Å². The molecule has 108 valence electrons. The quantitative estimate of drug-likeness (QED) is 0.733. The Balaban J connectivity index is 2.60. The maximum absolute atomic E-state index is 10.6. The number of hydrogen-bond donors (Lipinski definition) is 1. The van der Waals surface area contributed by atoms with Crippen molar-refractivity contribution in [3.8, 4) is 0 Å². The standard InChI is InChI=1S/C16H26O3/c1-5-18-15(19-6-2)11-12-16(4,17)14-9-7-13(3)8-10-14/h7-10,15,17H,5-6,11-12H2,1-4H3/t16-/m0/s1. The Labute approximate surface area is 116 Å². The zero-order valence-electron chi connectivity index (χ0n) is 12.5. The highest BCUT2D eigenvalue weighted by Crippen LogP contribution is 2.27. The maximum atomic E-state index is 10.6. The monoisotopic (exact) mass is 266 g/mol. The Bertz CT molecular complexity index is 351. The average molecular weight is 266 g/mol. The summed E-state index contributed by atoms with van der Waals surface area (Å²) < 4.78 is 11.0. The third kappa shape index (κ3) is 5.31. The molecule has 1 aromatic rings. The second-order valence-electron chi connectivity index (χ2n) is 5.02. The highest BCUT2D eigenvalue weighted by molar-refractivity contribution is 5.25. The summed E-state index contributed by atoms with van der Waals surface area (Å²) in [6.45, 7) is 9.02. The number of benzene rings is 1. The van der Waals surface area contributed by atoms with E-state index in [1.54, 1.807) is 0 Å². The van der Waals surface area contributed by atoms with Gasteiger partial charge in [-0.25, -0.2) is 0 Å². The second kappa shape index (κ2) is 7.63. The molecule has 0 amide bonds. The first-order valence-electron chi connectivity index (χ1n) is 7.02. The van der Waals surface area contributed by atoms with Gasteiger partial charge in [0.05, 0.1) is 5.60 Å². The zero-order valence-corrected chi connectivity index (χ0v) is 12.5. The van der Waals surface area contributed by atoms with Crippen LogP contribution in [-0.2, 0) is 15.1 Å². The van der Waals surface area contributed by atoms with Gasteiger partial charge in [-0.15, -0.1) is 0 Å². The van der Waals surface area contributed by atoms with Crippen molar-refractivity contribution in [2.24, 2.45) is 0 Å². The van der Waals surface area contributed by atoms with Crippen molar-refractivity contribution in [3.05, 3.63) is 35.4 Å². The smallest absolute Gasteiger partial charge is 0.157 e. The average Bonchev–Trinajstić information content (AvgIpc) is 2.37. The fourth-order valence-electron chi connectivity index (χ4n) is 2.04. The van der Waals surface area contributed by atoms with Crippen LogP contribution in [0.25, 0.3) is 0 Å². The lowest BCUT2D eigenvalue weighted by atomic mass is 9.90. The molecule has 3 heteroatoms. The first kappa shape index (κ1) is 16.2. The van der Waals surface area contributed by atoms with E-state index in [9.17, 15) is 5.11 Å². The molecule has 0 saturated heterocycles. The largest absolute Gasteiger partial charge is 0.385 e. The highest BCUT2D eigenvalue weighted by Gasteiger charge is 2.24.